The predicted octanol–water partition coefficient (Wildman–Crippen LogP) is 0.951. The van der Waals surface area contributed by atoms with E-state index in [1.165, 1.54) is 11.7 Å². The van der Waals surface area contributed by atoms with Gasteiger partial charge in [-0.05, 0) is 6.42 Å². The fourth-order valence-electron chi connectivity index (χ4n) is 0.722. The van der Waals surface area contributed by atoms with Crippen LogP contribution in [0.1, 0.15) is 24.6 Å². The summed E-state index contributed by atoms with van der Waals surface area (Å²) in [6, 6.07) is -0.0511. The summed E-state index contributed by atoms with van der Waals surface area (Å²) < 4.78 is 7.86. The summed E-state index contributed by atoms with van der Waals surface area (Å²) in [4.78, 5) is 0. The first-order chi connectivity index (χ1) is 5.34. The zero-order valence-electron chi connectivity index (χ0n) is 6.03. The molecule has 0 saturated heterocycles. The molecule has 1 atom stereocenters. The molecule has 1 unspecified atom stereocenters. The standard InChI is InChI=1S/C7H9N3S/c1-2-3-4-6(8)7-5-9-11-10-7/h1,5-6H,3-4,8H2. The van der Waals surface area contributed by atoms with Crippen molar-refractivity contribution in [2.75, 3.05) is 0 Å². The molecule has 0 bridgehead atoms. The Morgan fingerprint density at radius 1 is 1.82 bits per heavy atom. The number of nitrogens with two attached hydrogens (primary N) is 1. The molecule has 58 valence electrons. The van der Waals surface area contributed by atoms with Crippen molar-refractivity contribution in [3.05, 3.63) is 11.9 Å². The van der Waals surface area contributed by atoms with Gasteiger partial charge in [-0.25, -0.2) is 0 Å². The van der Waals surface area contributed by atoms with Gasteiger partial charge < -0.3 is 5.73 Å². The van der Waals surface area contributed by atoms with Gasteiger partial charge in [-0.15, -0.1) is 12.3 Å². The molecule has 0 aliphatic rings. The predicted molar refractivity (Wildman–Crippen MR) is 44.9 cm³/mol. The van der Waals surface area contributed by atoms with Crippen LogP contribution < -0.4 is 5.73 Å². The molecule has 1 rings (SSSR count). The van der Waals surface area contributed by atoms with E-state index in [1.54, 1.807) is 6.20 Å². The van der Waals surface area contributed by atoms with Crippen LogP contribution in [0.2, 0.25) is 0 Å². The van der Waals surface area contributed by atoms with Gasteiger partial charge in [-0.1, -0.05) is 0 Å². The first-order valence-corrected chi connectivity index (χ1v) is 4.04. The highest BCUT2D eigenvalue weighted by Crippen LogP contribution is 2.12. The fraction of sp³-hybridized carbons (Fsp3) is 0.429. The summed E-state index contributed by atoms with van der Waals surface area (Å²) in [6.45, 7) is 0. The third-order valence-electron chi connectivity index (χ3n) is 1.36. The lowest BCUT2D eigenvalue weighted by Crippen LogP contribution is -2.09. The third-order valence-corrected chi connectivity index (χ3v) is 1.85. The summed E-state index contributed by atoms with van der Waals surface area (Å²) in [5.41, 5.74) is 6.57. The number of rotatable bonds is 3. The normalized spacial score (nSPS) is 12.4. The van der Waals surface area contributed by atoms with Gasteiger partial charge in [0.25, 0.3) is 0 Å². The van der Waals surface area contributed by atoms with Crippen LogP contribution in [-0.4, -0.2) is 8.75 Å². The largest absolute Gasteiger partial charge is 0.323 e. The van der Waals surface area contributed by atoms with E-state index >= 15 is 0 Å². The van der Waals surface area contributed by atoms with E-state index in [4.69, 9.17) is 12.2 Å². The maximum atomic E-state index is 5.73. The average molecular weight is 167 g/mol. The lowest BCUT2D eigenvalue weighted by Gasteiger charge is -2.03. The molecular weight excluding hydrogens is 158 g/mol. The van der Waals surface area contributed by atoms with Crippen LogP contribution in [0.25, 0.3) is 0 Å². The molecule has 2 N–H and O–H groups in total. The van der Waals surface area contributed by atoms with Crippen molar-refractivity contribution >= 4 is 11.7 Å². The molecule has 0 aliphatic carbocycles. The zero-order valence-corrected chi connectivity index (χ0v) is 6.84. The van der Waals surface area contributed by atoms with Gasteiger partial charge in [0.15, 0.2) is 0 Å². The summed E-state index contributed by atoms with van der Waals surface area (Å²) in [5.74, 6) is 2.54. The van der Waals surface area contributed by atoms with E-state index < -0.39 is 0 Å². The molecular formula is C7H9N3S. The summed E-state index contributed by atoms with van der Waals surface area (Å²) >= 11 is 1.17. The van der Waals surface area contributed by atoms with Crippen LogP contribution in [0.3, 0.4) is 0 Å². The Balaban J connectivity index is 2.44. The maximum Gasteiger partial charge on any atom is 0.0910 e. The fourth-order valence-corrected chi connectivity index (χ4v) is 1.20. The lowest BCUT2D eigenvalue weighted by molar-refractivity contribution is 0.654. The summed E-state index contributed by atoms with van der Waals surface area (Å²) in [5, 5.41) is 0. The number of hydrogen-bond donors (Lipinski definition) is 1. The van der Waals surface area contributed by atoms with Crippen molar-refractivity contribution in [3.63, 3.8) is 0 Å². The Hall–Kier alpha value is -0.920. The van der Waals surface area contributed by atoms with Crippen molar-refractivity contribution in [1.82, 2.24) is 8.75 Å². The molecule has 0 saturated carbocycles. The van der Waals surface area contributed by atoms with Gasteiger partial charge in [-0.3, -0.25) is 0 Å². The number of terminal acetylenes is 1. The second kappa shape index (κ2) is 4.06. The van der Waals surface area contributed by atoms with Crippen molar-refractivity contribution in [3.8, 4) is 12.3 Å². The van der Waals surface area contributed by atoms with Crippen LogP contribution in [0.5, 0.6) is 0 Å². The van der Waals surface area contributed by atoms with E-state index in [0.29, 0.717) is 6.42 Å². The van der Waals surface area contributed by atoms with Gasteiger partial charge in [0.2, 0.25) is 0 Å². The molecule has 0 fully saturated rings. The van der Waals surface area contributed by atoms with Gasteiger partial charge in [0, 0.05) is 6.42 Å². The Kier molecular flexibility index (Phi) is 3.02. The highest BCUT2D eigenvalue weighted by atomic mass is 32.1. The highest BCUT2D eigenvalue weighted by molar-refractivity contribution is 6.99. The molecule has 0 aromatic carbocycles. The molecule has 0 radical (unpaired) electrons. The Morgan fingerprint density at radius 2 is 2.64 bits per heavy atom. The molecule has 0 amide bonds. The number of nitrogens with zero attached hydrogens (tertiary/aromatic N) is 2. The molecule has 1 aromatic heterocycles. The Bertz CT molecular complexity index is 237. The van der Waals surface area contributed by atoms with Crippen LogP contribution >= 0.6 is 11.7 Å². The third kappa shape index (κ3) is 2.30. The maximum absolute atomic E-state index is 5.73. The topological polar surface area (TPSA) is 51.8 Å². The average Bonchev–Trinajstić information content (AvgIpc) is 2.52. The van der Waals surface area contributed by atoms with Gasteiger partial charge in [-0.2, -0.15) is 8.75 Å². The molecule has 0 aliphatic heterocycles. The van der Waals surface area contributed by atoms with Gasteiger partial charge in [0.05, 0.1) is 29.7 Å². The molecule has 3 nitrogen and oxygen atoms in total. The number of aromatic nitrogens is 2. The summed E-state index contributed by atoms with van der Waals surface area (Å²) in [6.07, 6.45) is 8.25. The molecule has 4 heteroatoms. The van der Waals surface area contributed by atoms with Crippen molar-refractivity contribution in [1.29, 1.82) is 0 Å². The Morgan fingerprint density at radius 3 is 3.18 bits per heavy atom. The van der Waals surface area contributed by atoms with E-state index in [0.717, 1.165) is 12.1 Å². The monoisotopic (exact) mass is 167 g/mol. The van der Waals surface area contributed by atoms with E-state index in [1.807, 2.05) is 0 Å². The van der Waals surface area contributed by atoms with Crippen LogP contribution in [0.4, 0.5) is 0 Å². The van der Waals surface area contributed by atoms with E-state index in [2.05, 4.69) is 14.7 Å². The minimum absolute atomic E-state index is 0.0511. The van der Waals surface area contributed by atoms with Crippen LogP contribution in [0.15, 0.2) is 6.20 Å². The van der Waals surface area contributed by atoms with E-state index in [9.17, 15) is 0 Å². The first-order valence-electron chi connectivity index (χ1n) is 3.31. The second-order valence-electron chi connectivity index (χ2n) is 2.18. The molecule has 1 heterocycles. The second-order valence-corrected chi connectivity index (χ2v) is 2.74. The SMILES string of the molecule is C#CCCC(N)c1cnsn1. The van der Waals surface area contributed by atoms with Crippen molar-refractivity contribution in [2.45, 2.75) is 18.9 Å². The number of hydrogen-bond acceptors (Lipinski definition) is 4. The molecule has 0 spiro atoms. The van der Waals surface area contributed by atoms with Crippen LogP contribution in [0, 0.1) is 12.3 Å². The molecule has 1 aromatic rings. The smallest absolute Gasteiger partial charge is 0.0910 e. The van der Waals surface area contributed by atoms with Gasteiger partial charge >= 0.3 is 0 Å². The zero-order chi connectivity index (χ0) is 8.10. The first kappa shape index (κ1) is 8.18. The molecule has 11 heavy (non-hydrogen) atoms. The minimum Gasteiger partial charge on any atom is -0.323 e. The quantitative estimate of drug-likeness (QED) is 0.682. The highest BCUT2D eigenvalue weighted by Gasteiger charge is 2.06. The lowest BCUT2D eigenvalue weighted by atomic mass is 10.1. The minimum atomic E-state index is -0.0511. The van der Waals surface area contributed by atoms with Crippen molar-refractivity contribution in [2.24, 2.45) is 5.73 Å². The summed E-state index contributed by atoms with van der Waals surface area (Å²) in [7, 11) is 0. The van der Waals surface area contributed by atoms with Crippen LogP contribution in [-0.2, 0) is 0 Å². The Labute approximate surface area is 70.0 Å². The van der Waals surface area contributed by atoms with E-state index in [-0.39, 0.29) is 6.04 Å². The van der Waals surface area contributed by atoms with Gasteiger partial charge in [0.1, 0.15) is 0 Å². The van der Waals surface area contributed by atoms with Crippen molar-refractivity contribution < 1.29 is 0 Å².